The van der Waals surface area contributed by atoms with Crippen LogP contribution >= 0.6 is 0 Å². The van der Waals surface area contributed by atoms with E-state index in [9.17, 15) is 18.0 Å². The lowest BCUT2D eigenvalue weighted by Gasteiger charge is -2.32. The summed E-state index contributed by atoms with van der Waals surface area (Å²) < 4.78 is 35.1. The number of fused-ring (bicyclic) bond motifs is 2. The Morgan fingerprint density at radius 2 is 1.93 bits per heavy atom. The van der Waals surface area contributed by atoms with Gasteiger partial charge in [-0.15, -0.1) is 0 Å². The van der Waals surface area contributed by atoms with Crippen molar-refractivity contribution in [1.82, 2.24) is 5.32 Å². The third-order valence-corrected chi connectivity index (χ3v) is 8.04. The second-order valence-electron chi connectivity index (χ2n) is 9.44. The van der Waals surface area contributed by atoms with Crippen molar-refractivity contribution in [3.63, 3.8) is 0 Å². The number of aryl methyl sites for hydroxylation is 2. The van der Waals surface area contributed by atoms with Gasteiger partial charge in [-0.2, -0.15) is 0 Å². The van der Waals surface area contributed by atoms with Crippen molar-refractivity contribution in [3.8, 4) is 5.75 Å². The number of amides is 1. The van der Waals surface area contributed by atoms with Gasteiger partial charge in [-0.1, -0.05) is 0 Å². The number of benzene rings is 1. The maximum Gasteiger partial charge on any atom is 0.340 e. The van der Waals surface area contributed by atoms with E-state index in [0.717, 1.165) is 29.5 Å². The Bertz CT molecular complexity index is 1210. The Hall–Kier alpha value is -2.35. The highest BCUT2D eigenvalue weighted by Crippen LogP contribution is 2.36. The van der Waals surface area contributed by atoms with Crippen LogP contribution in [0.5, 0.6) is 5.75 Å². The van der Waals surface area contributed by atoms with Gasteiger partial charge in [0.05, 0.1) is 29.0 Å². The highest BCUT2D eigenvalue weighted by atomic mass is 32.2. The molecule has 1 N–H and O–H groups in total. The second-order valence-corrected chi connectivity index (χ2v) is 11.6. The molecule has 1 atom stereocenters. The number of carbonyl (C=O) groups is 1. The van der Waals surface area contributed by atoms with Crippen LogP contribution in [0.1, 0.15) is 50.3 Å². The normalized spacial score (nSPS) is 24.3. The molecular weight excluding hydrogens is 406 g/mol. The molecule has 0 saturated carbocycles. The lowest BCUT2D eigenvalue weighted by molar-refractivity contribution is -0.122. The summed E-state index contributed by atoms with van der Waals surface area (Å²) in [6.45, 7) is 7.58. The van der Waals surface area contributed by atoms with E-state index in [4.69, 9.17) is 9.15 Å². The summed E-state index contributed by atoms with van der Waals surface area (Å²) in [5.41, 5.74) is 0.857. The minimum atomic E-state index is -3.14. The van der Waals surface area contributed by atoms with Crippen molar-refractivity contribution >= 4 is 26.7 Å². The summed E-state index contributed by atoms with van der Waals surface area (Å²) in [6, 6.07) is 3.73. The van der Waals surface area contributed by atoms with Gasteiger partial charge in [0.15, 0.2) is 9.84 Å². The van der Waals surface area contributed by atoms with Crippen LogP contribution in [0.25, 0.3) is 11.0 Å². The lowest BCUT2D eigenvalue weighted by Crippen LogP contribution is -2.47. The molecule has 3 heterocycles. The summed E-state index contributed by atoms with van der Waals surface area (Å²) in [5, 5.41) is 3.59. The van der Waals surface area contributed by atoms with Crippen LogP contribution in [0.2, 0.25) is 0 Å². The fourth-order valence-corrected chi connectivity index (χ4v) is 6.48. The number of hydrogen-bond acceptors (Lipinski definition) is 6. The molecule has 1 saturated heterocycles. The van der Waals surface area contributed by atoms with E-state index in [0.29, 0.717) is 23.1 Å². The molecule has 0 aliphatic carbocycles. The zero-order valence-corrected chi connectivity index (χ0v) is 18.6. The fraction of sp³-hybridized carbons (Fsp3) is 0.545. The standard InChI is InChI=1S/C22H27NO6S/c1-13-15-9-14-5-6-21(2,3)29-17(14)11-18(15)28-20(25)16(13)10-19(24)23-22(4)7-8-30(26,27)12-22/h9,11H,5-8,10,12H2,1-4H3,(H,23,24)/t22-/m0/s1. The molecule has 2 aromatic rings. The van der Waals surface area contributed by atoms with Crippen LogP contribution < -0.4 is 15.7 Å². The minimum absolute atomic E-state index is 0.0604. The topological polar surface area (TPSA) is 103 Å². The van der Waals surface area contributed by atoms with Crippen LogP contribution in [0.3, 0.4) is 0 Å². The van der Waals surface area contributed by atoms with Crippen LogP contribution in [0.15, 0.2) is 21.3 Å². The summed E-state index contributed by atoms with van der Waals surface area (Å²) in [6.07, 6.45) is 1.97. The van der Waals surface area contributed by atoms with E-state index in [2.05, 4.69) is 5.32 Å². The predicted octanol–water partition coefficient (Wildman–Crippen LogP) is 2.44. The zero-order chi connectivity index (χ0) is 21.9. The number of sulfone groups is 1. The SMILES string of the molecule is Cc1c(CC(=O)N[C@@]2(C)CCS(=O)(=O)C2)c(=O)oc2cc3c(cc12)CCC(C)(C)O3. The molecule has 2 aliphatic rings. The largest absolute Gasteiger partial charge is 0.487 e. The average molecular weight is 434 g/mol. The van der Waals surface area contributed by atoms with E-state index >= 15 is 0 Å². The number of rotatable bonds is 3. The lowest BCUT2D eigenvalue weighted by atomic mass is 9.92. The Morgan fingerprint density at radius 3 is 2.60 bits per heavy atom. The monoisotopic (exact) mass is 433 g/mol. The van der Waals surface area contributed by atoms with Gasteiger partial charge in [0.2, 0.25) is 5.91 Å². The molecular formula is C22H27NO6S. The summed E-state index contributed by atoms with van der Waals surface area (Å²) >= 11 is 0. The third kappa shape index (κ3) is 3.97. The first kappa shape index (κ1) is 20.9. The number of nitrogens with one attached hydrogen (secondary N) is 1. The van der Waals surface area contributed by atoms with E-state index < -0.39 is 21.0 Å². The highest BCUT2D eigenvalue weighted by molar-refractivity contribution is 7.91. The first-order chi connectivity index (χ1) is 13.9. The Labute approximate surface area is 175 Å². The smallest absolute Gasteiger partial charge is 0.340 e. The van der Waals surface area contributed by atoms with Gasteiger partial charge in [0.1, 0.15) is 16.9 Å². The molecule has 1 fully saturated rings. The van der Waals surface area contributed by atoms with Crippen molar-refractivity contribution in [1.29, 1.82) is 0 Å². The third-order valence-electron chi connectivity index (χ3n) is 6.13. The predicted molar refractivity (Wildman–Crippen MR) is 114 cm³/mol. The summed E-state index contributed by atoms with van der Waals surface area (Å²) in [7, 11) is -3.14. The molecule has 30 heavy (non-hydrogen) atoms. The average Bonchev–Trinajstić information content (AvgIpc) is 2.89. The van der Waals surface area contributed by atoms with Crippen molar-refractivity contribution < 1.29 is 22.4 Å². The maximum atomic E-state index is 12.6. The Morgan fingerprint density at radius 1 is 1.20 bits per heavy atom. The van der Waals surface area contributed by atoms with E-state index in [1.54, 1.807) is 13.0 Å². The van der Waals surface area contributed by atoms with Gasteiger partial charge >= 0.3 is 5.63 Å². The van der Waals surface area contributed by atoms with E-state index in [-0.39, 0.29) is 29.4 Å². The molecule has 0 bridgehead atoms. The van der Waals surface area contributed by atoms with Gasteiger partial charge in [-0.05, 0) is 64.2 Å². The van der Waals surface area contributed by atoms with E-state index in [1.807, 2.05) is 26.8 Å². The first-order valence-corrected chi connectivity index (χ1v) is 12.0. The quantitative estimate of drug-likeness (QED) is 0.746. The molecule has 7 nitrogen and oxygen atoms in total. The van der Waals surface area contributed by atoms with Gasteiger partial charge in [0, 0.05) is 11.5 Å². The minimum Gasteiger partial charge on any atom is -0.487 e. The molecule has 1 aromatic carbocycles. The van der Waals surface area contributed by atoms with Gasteiger partial charge in [-0.3, -0.25) is 4.79 Å². The molecule has 0 unspecified atom stereocenters. The van der Waals surface area contributed by atoms with Crippen LogP contribution in [-0.4, -0.2) is 37.0 Å². The van der Waals surface area contributed by atoms with Crippen molar-refractivity contribution in [3.05, 3.63) is 39.2 Å². The van der Waals surface area contributed by atoms with Crippen molar-refractivity contribution in [2.24, 2.45) is 0 Å². The number of hydrogen-bond donors (Lipinski definition) is 1. The fourth-order valence-electron chi connectivity index (χ4n) is 4.39. The first-order valence-electron chi connectivity index (χ1n) is 10.2. The number of carbonyl (C=O) groups excluding carboxylic acids is 1. The summed E-state index contributed by atoms with van der Waals surface area (Å²) in [4.78, 5) is 25.2. The molecule has 162 valence electrons. The molecule has 8 heteroatoms. The van der Waals surface area contributed by atoms with Crippen LogP contribution in [0.4, 0.5) is 0 Å². The van der Waals surface area contributed by atoms with Gasteiger partial charge in [0.25, 0.3) is 0 Å². The molecule has 2 aliphatic heterocycles. The Balaban J connectivity index is 1.64. The van der Waals surface area contributed by atoms with E-state index in [1.165, 1.54) is 0 Å². The highest BCUT2D eigenvalue weighted by Gasteiger charge is 2.39. The molecule has 4 rings (SSSR count). The maximum absolute atomic E-state index is 12.6. The van der Waals surface area contributed by atoms with Crippen molar-refractivity contribution in [2.45, 2.75) is 64.5 Å². The molecule has 1 aromatic heterocycles. The molecule has 0 spiro atoms. The second kappa shape index (κ2) is 6.83. The van der Waals surface area contributed by atoms with Gasteiger partial charge in [-0.25, -0.2) is 13.2 Å². The molecule has 1 amide bonds. The van der Waals surface area contributed by atoms with Crippen LogP contribution in [-0.2, 0) is 27.5 Å². The van der Waals surface area contributed by atoms with Gasteiger partial charge < -0.3 is 14.5 Å². The summed E-state index contributed by atoms with van der Waals surface area (Å²) in [5.74, 6) is 0.319. The Kier molecular flexibility index (Phi) is 4.76. The number of ether oxygens (including phenoxy) is 1. The zero-order valence-electron chi connectivity index (χ0n) is 17.8. The molecule has 0 radical (unpaired) electrons. The van der Waals surface area contributed by atoms with Crippen molar-refractivity contribution in [2.75, 3.05) is 11.5 Å². The van der Waals surface area contributed by atoms with Crippen LogP contribution in [0, 0.1) is 6.92 Å².